The third-order valence-corrected chi connectivity index (χ3v) is 12.6. The summed E-state index contributed by atoms with van der Waals surface area (Å²) >= 11 is 0. The van der Waals surface area contributed by atoms with E-state index in [4.69, 9.17) is 0 Å². The molecule has 0 saturated carbocycles. The van der Waals surface area contributed by atoms with Gasteiger partial charge in [0.25, 0.3) is 6.71 Å². The van der Waals surface area contributed by atoms with Crippen LogP contribution in [0.3, 0.4) is 0 Å². The van der Waals surface area contributed by atoms with Crippen molar-refractivity contribution in [2.75, 3.05) is 14.7 Å². The van der Waals surface area contributed by atoms with Gasteiger partial charge in [-0.3, -0.25) is 0 Å². The first-order valence-electron chi connectivity index (χ1n) is 22.1. The van der Waals surface area contributed by atoms with Crippen molar-refractivity contribution in [3.63, 3.8) is 0 Å². The molecule has 0 bridgehead atoms. The highest BCUT2D eigenvalue weighted by Crippen LogP contribution is 2.46. The summed E-state index contributed by atoms with van der Waals surface area (Å²) in [5.74, 6) is 0. The van der Waals surface area contributed by atoms with E-state index in [0.29, 0.717) is 0 Å². The Kier molecular flexibility index (Phi) is 9.46. The van der Waals surface area contributed by atoms with Crippen molar-refractivity contribution in [2.45, 2.75) is 27.7 Å². The fourth-order valence-electron chi connectivity index (χ4n) is 9.99. The van der Waals surface area contributed by atoms with Crippen LogP contribution in [-0.2, 0) is 0 Å². The molecule has 0 amide bonds. The molecule has 0 radical (unpaired) electrons. The number of benzene rings is 9. The summed E-state index contributed by atoms with van der Waals surface area (Å²) in [6.07, 6.45) is 0. The molecule has 1 aromatic heterocycles. The third kappa shape index (κ3) is 6.22. The first kappa shape index (κ1) is 38.2. The van der Waals surface area contributed by atoms with Crippen LogP contribution in [0, 0.1) is 13.8 Å². The van der Waals surface area contributed by atoms with Gasteiger partial charge < -0.3 is 19.3 Å². The first-order chi connectivity index (χ1) is 31.1. The Morgan fingerprint density at radius 1 is 0.365 bits per heavy atom. The Morgan fingerprint density at radius 2 is 0.937 bits per heavy atom. The van der Waals surface area contributed by atoms with Crippen molar-refractivity contribution in [3.05, 3.63) is 223 Å². The largest absolute Gasteiger partial charge is 0.311 e. The number of nitrogens with zero attached hydrogens (tertiary/aromatic N) is 4. The fourth-order valence-corrected chi connectivity index (χ4v) is 9.99. The van der Waals surface area contributed by atoms with Gasteiger partial charge in [0, 0.05) is 67.6 Å². The van der Waals surface area contributed by atoms with Gasteiger partial charge in [0.2, 0.25) is 0 Å². The van der Waals surface area contributed by atoms with Crippen molar-refractivity contribution in [3.8, 4) is 5.69 Å². The molecule has 3 heterocycles. The molecule has 9 aromatic carbocycles. The second kappa shape index (κ2) is 15.6. The van der Waals surface area contributed by atoms with E-state index in [0.717, 1.165) is 34.1 Å². The van der Waals surface area contributed by atoms with E-state index in [2.05, 4.69) is 245 Å². The highest BCUT2D eigenvalue weighted by atomic mass is 15.2. The van der Waals surface area contributed by atoms with Crippen molar-refractivity contribution in [1.29, 1.82) is 0 Å². The van der Waals surface area contributed by atoms with Crippen molar-refractivity contribution in [1.82, 2.24) is 4.57 Å². The summed E-state index contributed by atoms with van der Waals surface area (Å²) in [4.78, 5) is 7.37. The number of aromatic nitrogens is 1. The molecule has 0 unspecified atom stereocenters. The monoisotopic (exact) mass is 810 g/mol. The summed E-state index contributed by atoms with van der Waals surface area (Å²) in [6.45, 7) is 8.41. The van der Waals surface area contributed by atoms with Gasteiger partial charge >= 0.3 is 0 Å². The maximum atomic E-state index is 2.49. The standard InChI is InChI=1S/C56H41BN4.C2H6/c1-38-25-28-43(29-26-38)60-52-33-27-39(2)35-49(52)57-48-32-30-45(37-55(48)61(42-19-10-5-11-20-42)54-24-14-23-53(60)56(54)57)58(40-15-6-3-7-16-40)44-31-34-51-47(36-44)46-21-12-13-22-50(46)59(51)41-17-8-4-9-18-41;1-2/h3-37H,1-2H3;1-2H3. The summed E-state index contributed by atoms with van der Waals surface area (Å²) in [5, 5.41) is 2.45. The number of hydrogen-bond donors (Lipinski definition) is 0. The number of fused-ring (bicyclic) bond motifs is 7. The molecule has 0 fully saturated rings. The predicted octanol–water partition coefficient (Wildman–Crippen LogP) is 14.0. The predicted molar refractivity (Wildman–Crippen MR) is 270 cm³/mol. The zero-order valence-electron chi connectivity index (χ0n) is 36.1. The van der Waals surface area contributed by atoms with Crippen LogP contribution in [0.1, 0.15) is 25.0 Å². The van der Waals surface area contributed by atoms with E-state index in [1.807, 2.05) is 13.8 Å². The van der Waals surface area contributed by atoms with Crippen LogP contribution in [-0.4, -0.2) is 11.3 Å². The molecule has 4 nitrogen and oxygen atoms in total. The summed E-state index contributed by atoms with van der Waals surface area (Å²) < 4.78 is 2.38. The molecular weight excluding hydrogens is 763 g/mol. The van der Waals surface area contributed by atoms with Gasteiger partial charge in [-0.2, -0.15) is 0 Å². The van der Waals surface area contributed by atoms with Gasteiger partial charge in [-0.1, -0.05) is 134 Å². The van der Waals surface area contributed by atoms with Gasteiger partial charge in [0.05, 0.1) is 11.0 Å². The molecule has 63 heavy (non-hydrogen) atoms. The van der Waals surface area contributed by atoms with Gasteiger partial charge in [0.15, 0.2) is 0 Å². The average Bonchev–Trinajstić information content (AvgIpc) is 3.67. The van der Waals surface area contributed by atoms with Gasteiger partial charge in [-0.05, 0) is 133 Å². The third-order valence-electron chi connectivity index (χ3n) is 12.6. The maximum Gasteiger partial charge on any atom is 0.252 e. The van der Waals surface area contributed by atoms with Gasteiger partial charge in [-0.15, -0.1) is 0 Å². The minimum Gasteiger partial charge on any atom is -0.311 e. The van der Waals surface area contributed by atoms with Crippen LogP contribution in [0.15, 0.2) is 212 Å². The van der Waals surface area contributed by atoms with Crippen LogP contribution in [0.5, 0.6) is 0 Å². The lowest BCUT2D eigenvalue weighted by molar-refractivity contribution is 1.18. The van der Waals surface area contributed by atoms with Crippen molar-refractivity contribution >= 4 is 96.1 Å². The van der Waals surface area contributed by atoms with Crippen LogP contribution in [0.2, 0.25) is 0 Å². The second-order valence-corrected chi connectivity index (χ2v) is 16.4. The Bertz CT molecular complexity index is 3290. The zero-order valence-corrected chi connectivity index (χ0v) is 36.1. The zero-order chi connectivity index (χ0) is 42.6. The Balaban J connectivity index is 0.00000219. The molecule has 2 aliphatic rings. The molecule has 0 saturated heterocycles. The quantitative estimate of drug-likeness (QED) is 0.156. The average molecular weight is 811 g/mol. The Hall–Kier alpha value is -7.76. The van der Waals surface area contributed by atoms with Crippen molar-refractivity contribution < 1.29 is 0 Å². The number of hydrogen-bond acceptors (Lipinski definition) is 3. The minimum atomic E-state index is 0.0393. The van der Waals surface area contributed by atoms with E-state index in [1.165, 1.54) is 72.1 Å². The Labute approximate surface area is 370 Å². The number of anilines is 9. The lowest BCUT2D eigenvalue weighted by Gasteiger charge is -2.44. The molecule has 302 valence electrons. The van der Waals surface area contributed by atoms with E-state index in [1.54, 1.807) is 0 Å². The molecule has 12 rings (SSSR count). The van der Waals surface area contributed by atoms with Gasteiger partial charge in [-0.25, -0.2) is 0 Å². The topological polar surface area (TPSA) is 14.7 Å². The van der Waals surface area contributed by atoms with Crippen LogP contribution < -0.4 is 31.1 Å². The van der Waals surface area contributed by atoms with Crippen LogP contribution in [0.4, 0.5) is 51.2 Å². The van der Waals surface area contributed by atoms with Crippen LogP contribution >= 0.6 is 0 Å². The highest BCUT2D eigenvalue weighted by Gasteiger charge is 2.43. The Morgan fingerprint density at radius 3 is 1.67 bits per heavy atom. The molecule has 2 aliphatic heterocycles. The number of para-hydroxylation sites is 4. The van der Waals surface area contributed by atoms with Crippen LogP contribution in [0.25, 0.3) is 27.5 Å². The normalized spacial score (nSPS) is 12.3. The lowest BCUT2D eigenvalue weighted by Crippen LogP contribution is -2.61. The van der Waals surface area contributed by atoms with E-state index in [-0.39, 0.29) is 6.71 Å². The van der Waals surface area contributed by atoms with E-state index >= 15 is 0 Å². The number of rotatable bonds is 6. The minimum absolute atomic E-state index is 0.0393. The number of aryl methyl sites for hydroxylation is 2. The molecule has 0 N–H and O–H groups in total. The molecule has 5 heteroatoms. The molecule has 0 spiro atoms. The first-order valence-corrected chi connectivity index (χ1v) is 22.1. The molecular formula is C58H47BN4. The summed E-state index contributed by atoms with van der Waals surface area (Å²) in [7, 11) is 0. The van der Waals surface area contributed by atoms with E-state index < -0.39 is 0 Å². The van der Waals surface area contributed by atoms with Gasteiger partial charge in [0.1, 0.15) is 0 Å². The molecule has 0 aliphatic carbocycles. The highest BCUT2D eigenvalue weighted by molar-refractivity contribution is 7.00. The maximum absolute atomic E-state index is 2.49. The summed E-state index contributed by atoms with van der Waals surface area (Å²) in [5.41, 5.74) is 20.4. The SMILES string of the molecule is CC.Cc1ccc(N2c3ccc(C)cc3B3c4ccc(N(c5ccccc5)c5ccc6c(c5)c5ccccc5n6-c5ccccc5)cc4N(c4ccccc4)c4cccc2c43)cc1. The molecule has 10 aromatic rings. The van der Waals surface area contributed by atoms with E-state index in [9.17, 15) is 0 Å². The summed E-state index contributed by atoms with van der Waals surface area (Å²) in [6, 6.07) is 78.0. The smallest absolute Gasteiger partial charge is 0.252 e. The fraction of sp³-hybridized carbons (Fsp3) is 0.0690. The van der Waals surface area contributed by atoms with Crippen molar-refractivity contribution in [2.24, 2.45) is 0 Å². The lowest BCUT2D eigenvalue weighted by atomic mass is 9.33. The molecule has 0 atom stereocenters. The second-order valence-electron chi connectivity index (χ2n) is 16.4.